The molecule has 0 spiro atoms. The van der Waals surface area contributed by atoms with Crippen LogP contribution in [-0.2, 0) is 9.59 Å². The van der Waals surface area contributed by atoms with Crippen LogP contribution in [0, 0.1) is 6.92 Å². The number of benzene rings is 2. The summed E-state index contributed by atoms with van der Waals surface area (Å²) in [6.07, 6.45) is 1.05. The molecule has 1 fully saturated rings. The second kappa shape index (κ2) is 10.1. The van der Waals surface area contributed by atoms with Gasteiger partial charge in [-0.25, -0.2) is 0 Å². The number of para-hydroxylation sites is 1. The molecule has 6 nitrogen and oxygen atoms in total. The van der Waals surface area contributed by atoms with Gasteiger partial charge in [-0.3, -0.25) is 9.59 Å². The van der Waals surface area contributed by atoms with Crippen LogP contribution in [0.15, 0.2) is 54.6 Å². The molecule has 0 bridgehead atoms. The fourth-order valence-electron chi connectivity index (χ4n) is 3.50. The van der Waals surface area contributed by atoms with Crippen molar-refractivity contribution in [2.24, 2.45) is 5.73 Å². The number of carbonyl (C=O) groups excluding carboxylic acids is 2. The van der Waals surface area contributed by atoms with E-state index in [1.54, 1.807) is 0 Å². The predicted molar refractivity (Wildman–Crippen MR) is 116 cm³/mol. The van der Waals surface area contributed by atoms with Crippen molar-refractivity contribution >= 4 is 17.5 Å². The first-order chi connectivity index (χ1) is 14.0. The zero-order valence-electron chi connectivity index (χ0n) is 17.0. The van der Waals surface area contributed by atoms with E-state index in [1.165, 1.54) is 5.69 Å². The van der Waals surface area contributed by atoms with Crippen molar-refractivity contribution in [2.45, 2.75) is 25.8 Å². The highest BCUT2D eigenvalue weighted by atomic mass is 16.2. The van der Waals surface area contributed by atoms with Crippen LogP contribution < -0.4 is 16.0 Å². The van der Waals surface area contributed by atoms with Crippen LogP contribution in [0.3, 0.4) is 0 Å². The van der Waals surface area contributed by atoms with Crippen LogP contribution in [0.5, 0.6) is 0 Å². The highest BCUT2D eigenvalue weighted by Crippen LogP contribution is 2.16. The molecule has 154 valence electrons. The summed E-state index contributed by atoms with van der Waals surface area (Å²) in [6, 6.07) is 17.2. The van der Waals surface area contributed by atoms with E-state index in [4.69, 9.17) is 5.73 Å². The monoisotopic (exact) mass is 394 g/mol. The molecule has 1 unspecified atom stereocenters. The van der Waals surface area contributed by atoms with Gasteiger partial charge in [0.2, 0.25) is 11.8 Å². The number of amides is 2. The van der Waals surface area contributed by atoms with E-state index in [1.807, 2.05) is 54.3 Å². The van der Waals surface area contributed by atoms with E-state index >= 15 is 0 Å². The number of carbonyl (C=O) groups is 2. The molecule has 1 saturated heterocycles. The number of hydrogen-bond donors (Lipinski definition) is 2. The normalized spacial score (nSPS) is 15.1. The molecule has 1 aliphatic rings. The van der Waals surface area contributed by atoms with Crippen LogP contribution in [0.2, 0.25) is 0 Å². The molecule has 2 amide bonds. The predicted octanol–water partition coefficient (Wildman–Crippen LogP) is 2.24. The van der Waals surface area contributed by atoms with Crippen molar-refractivity contribution in [3.63, 3.8) is 0 Å². The van der Waals surface area contributed by atoms with Gasteiger partial charge >= 0.3 is 0 Å². The molecule has 1 heterocycles. The molecule has 0 radical (unpaired) electrons. The second-order valence-corrected chi connectivity index (χ2v) is 7.49. The van der Waals surface area contributed by atoms with Crippen molar-refractivity contribution in [1.82, 2.24) is 10.2 Å². The van der Waals surface area contributed by atoms with Gasteiger partial charge in [0.05, 0.1) is 0 Å². The van der Waals surface area contributed by atoms with Crippen LogP contribution in [0.1, 0.15) is 30.0 Å². The molecule has 0 aliphatic carbocycles. The summed E-state index contributed by atoms with van der Waals surface area (Å²) in [5.41, 5.74) is 9.14. The van der Waals surface area contributed by atoms with Gasteiger partial charge in [-0.2, -0.15) is 0 Å². The Bertz CT molecular complexity index is 799. The first-order valence-electron chi connectivity index (χ1n) is 10.2. The molecule has 1 atom stereocenters. The Morgan fingerprint density at radius 1 is 1.00 bits per heavy atom. The van der Waals surface area contributed by atoms with Crippen LogP contribution in [0.25, 0.3) is 0 Å². The van der Waals surface area contributed by atoms with Gasteiger partial charge in [0, 0.05) is 44.8 Å². The summed E-state index contributed by atoms with van der Waals surface area (Å²) in [5.74, 6) is -0.0624. The minimum absolute atomic E-state index is 0.148. The number of piperazine rings is 1. The van der Waals surface area contributed by atoms with E-state index in [9.17, 15) is 9.59 Å². The third-order valence-electron chi connectivity index (χ3n) is 5.34. The molecule has 1 aliphatic heterocycles. The summed E-state index contributed by atoms with van der Waals surface area (Å²) in [4.78, 5) is 28.9. The van der Waals surface area contributed by atoms with Gasteiger partial charge in [0.25, 0.3) is 0 Å². The standard InChI is InChI=1S/C23H30N4O2/c1-18-9-11-19(12-10-18)22(24)23(29)25-13-5-8-21(28)27-16-14-26(15-17-27)20-6-3-2-4-7-20/h2-4,6-7,9-12,22H,5,8,13-17,24H2,1H3,(H,25,29). The number of rotatable bonds is 7. The molecule has 2 aromatic rings. The maximum Gasteiger partial charge on any atom is 0.241 e. The smallest absolute Gasteiger partial charge is 0.241 e. The summed E-state index contributed by atoms with van der Waals surface area (Å²) in [5, 5.41) is 2.84. The van der Waals surface area contributed by atoms with Crippen LogP contribution in [0.4, 0.5) is 5.69 Å². The van der Waals surface area contributed by atoms with E-state index in [0.717, 1.165) is 37.3 Å². The zero-order valence-corrected chi connectivity index (χ0v) is 17.0. The first kappa shape index (κ1) is 20.9. The average molecular weight is 395 g/mol. The van der Waals surface area contributed by atoms with E-state index in [2.05, 4.69) is 22.3 Å². The summed E-state index contributed by atoms with van der Waals surface area (Å²) >= 11 is 0. The second-order valence-electron chi connectivity index (χ2n) is 7.49. The average Bonchev–Trinajstić information content (AvgIpc) is 2.77. The lowest BCUT2D eigenvalue weighted by molar-refractivity contribution is -0.131. The Morgan fingerprint density at radius 3 is 2.31 bits per heavy atom. The highest BCUT2D eigenvalue weighted by Gasteiger charge is 2.21. The Balaban J connectivity index is 1.35. The molecule has 2 aromatic carbocycles. The van der Waals surface area contributed by atoms with Gasteiger partial charge in [-0.1, -0.05) is 48.0 Å². The van der Waals surface area contributed by atoms with Crippen LogP contribution in [-0.4, -0.2) is 49.4 Å². The van der Waals surface area contributed by atoms with Gasteiger partial charge in [-0.15, -0.1) is 0 Å². The van der Waals surface area contributed by atoms with Crippen molar-refractivity contribution in [1.29, 1.82) is 0 Å². The Labute approximate surface area is 172 Å². The minimum Gasteiger partial charge on any atom is -0.368 e. The SMILES string of the molecule is Cc1ccc(C(N)C(=O)NCCCC(=O)N2CCN(c3ccccc3)CC2)cc1. The van der Waals surface area contributed by atoms with Gasteiger partial charge in [0.15, 0.2) is 0 Å². The number of aryl methyl sites for hydroxylation is 1. The summed E-state index contributed by atoms with van der Waals surface area (Å²) in [6.45, 7) is 5.61. The van der Waals surface area contributed by atoms with E-state index < -0.39 is 6.04 Å². The fourth-order valence-corrected chi connectivity index (χ4v) is 3.50. The highest BCUT2D eigenvalue weighted by molar-refractivity contribution is 5.83. The van der Waals surface area contributed by atoms with E-state index in [-0.39, 0.29) is 11.8 Å². The summed E-state index contributed by atoms with van der Waals surface area (Å²) < 4.78 is 0. The molecule has 29 heavy (non-hydrogen) atoms. The van der Waals surface area contributed by atoms with Crippen molar-refractivity contribution in [3.05, 3.63) is 65.7 Å². The molecule has 3 rings (SSSR count). The van der Waals surface area contributed by atoms with Crippen molar-refractivity contribution in [2.75, 3.05) is 37.6 Å². The zero-order chi connectivity index (χ0) is 20.6. The number of nitrogens with two attached hydrogens (primary N) is 1. The lowest BCUT2D eigenvalue weighted by Gasteiger charge is -2.36. The molecular weight excluding hydrogens is 364 g/mol. The Morgan fingerprint density at radius 2 is 1.66 bits per heavy atom. The Hall–Kier alpha value is -2.86. The fraction of sp³-hybridized carbons (Fsp3) is 0.391. The first-order valence-corrected chi connectivity index (χ1v) is 10.2. The number of nitrogens with one attached hydrogen (secondary N) is 1. The number of hydrogen-bond acceptors (Lipinski definition) is 4. The molecule has 6 heteroatoms. The van der Waals surface area contributed by atoms with E-state index in [0.29, 0.717) is 19.4 Å². The van der Waals surface area contributed by atoms with Gasteiger partial charge < -0.3 is 20.9 Å². The third kappa shape index (κ3) is 5.81. The summed E-state index contributed by atoms with van der Waals surface area (Å²) in [7, 11) is 0. The maximum absolute atomic E-state index is 12.4. The largest absolute Gasteiger partial charge is 0.368 e. The molecule has 0 saturated carbocycles. The van der Waals surface area contributed by atoms with Crippen LogP contribution >= 0.6 is 0 Å². The lowest BCUT2D eigenvalue weighted by Crippen LogP contribution is -2.48. The molecule has 3 N–H and O–H groups in total. The van der Waals surface area contributed by atoms with Crippen molar-refractivity contribution in [3.8, 4) is 0 Å². The van der Waals surface area contributed by atoms with Gasteiger partial charge in [0.1, 0.15) is 6.04 Å². The number of nitrogens with zero attached hydrogens (tertiary/aromatic N) is 2. The maximum atomic E-state index is 12.4. The van der Waals surface area contributed by atoms with Crippen molar-refractivity contribution < 1.29 is 9.59 Å². The number of anilines is 1. The quantitative estimate of drug-likeness (QED) is 0.706. The third-order valence-corrected chi connectivity index (χ3v) is 5.34. The minimum atomic E-state index is -0.683. The Kier molecular flexibility index (Phi) is 7.25. The molecule has 0 aromatic heterocycles. The lowest BCUT2D eigenvalue weighted by atomic mass is 10.1. The van der Waals surface area contributed by atoms with Gasteiger partial charge in [-0.05, 0) is 31.0 Å². The molecular formula is C23H30N4O2. The topological polar surface area (TPSA) is 78.7 Å².